The number of hydrogen-bond donors (Lipinski definition) is 2. The van der Waals surface area contributed by atoms with Gasteiger partial charge < -0.3 is 10.1 Å². The molecule has 0 aliphatic heterocycles. The maximum atomic E-state index is 12.8. The Morgan fingerprint density at radius 1 is 0.969 bits per heavy atom. The van der Waals surface area contributed by atoms with Crippen LogP contribution in [-0.2, 0) is 16.4 Å². The second-order valence-corrected chi connectivity index (χ2v) is 9.00. The molecule has 1 amide bonds. The Bertz CT molecular complexity index is 1160. The molecule has 0 saturated carbocycles. The SMILES string of the molecule is CCOc1ccccc1CCCNC(=O)c1ccc(C)c(S(=O)(=O)Nc2ccccc2)c1. The Balaban J connectivity index is 1.63. The van der Waals surface area contributed by atoms with Crippen LogP contribution in [0.25, 0.3) is 0 Å². The number of benzene rings is 3. The Labute approximate surface area is 189 Å². The van der Waals surface area contributed by atoms with Gasteiger partial charge in [-0.1, -0.05) is 42.5 Å². The van der Waals surface area contributed by atoms with Crippen LogP contribution in [0.5, 0.6) is 5.75 Å². The smallest absolute Gasteiger partial charge is 0.262 e. The van der Waals surface area contributed by atoms with Crippen LogP contribution in [0.4, 0.5) is 5.69 Å². The van der Waals surface area contributed by atoms with E-state index < -0.39 is 10.0 Å². The van der Waals surface area contributed by atoms with Gasteiger partial charge in [-0.25, -0.2) is 8.42 Å². The largest absolute Gasteiger partial charge is 0.494 e. The highest BCUT2D eigenvalue weighted by Crippen LogP contribution is 2.21. The number of carbonyl (C=O) groups is 1. The van der Waals surface area contributed by atoms with Crippen LogP contribution < -0.4 is 14.8 Å². The van der Waals surface area contributed by atoms with E-state index in [-0.39, 0.29) is 10.8 Å². The van der Waals surface area contributed by atoms with Gasteiger partial charge in [0.1, 0.15) is 5.75 Å². The van der Waals surface area contributed by atoms with E-state index in [9.17, 15) is 13.2 Å². The normalized spacial score (nSPS) is 11.1. The van der Waals surface area contributed by atoms with Crippen molar-refractivity contribution in [2.45, 2.75) is 31.6 Å². The Hall–Kier alpha value is -3.32. The molecule has 3 rings (SSSR count). The molecular weight excluding hydrogens is 424 g/mol. The lowest BCUT2D eigenvalue weighted by molar-refractivity contribution is 0.0953. The molecule has 168 valence electrons. The highest BCUT2D eigenvalue weighted by atomic mass is 32.2. The molecule has 0 saturated heterocycles. The number of rotatable bonds is 10. The average molecular weight is 453 g/mol. The van der Waals surface area contributed by atoms with Gasteiger partial charge in [0.2, 0.25) is 0 Å². The lowest BCUT2D eigenvalue weighted by Crippen LogP contribution is -2.25. The van der Waals surface area contributed by atoms with E-state index in [1.54, 1.807) is 43.3 Å². The van der Waals surface area contributed by atoms with Gasteiger partial charge >= 0.3 is 0 Å². The van der Waals surface area contributed by atoms with E-state index in [1.165, 1.54) is 6.07 Å². The number of amides is 1. The van der Waals surface area contributed by atoms with Gasteiger partial charge in [-0.2, -0.15) is 0 Å². The summed E-state index contributed by atoms with van der Waals surface area (Å²) >= 11 is 0. The quantitative estimate of drug-likeness (QED) is 0.442. The molecule has 0 aliphatic rings. The highest BCUT2D eigenvalue weighted by Gasteiger charge is 2.19. The van der Waals surface area contributed by atoms with Crippen molar-refractivity contribution in [3.05, 3.63) is 89.5 Å². The molecule has 6 nitrogen and oxygen atoms in total. The third-order valence-corrected chi connectivity index (χ3v) is 6.47. The number of sulfonamides is 1. The van der Waals surface area contributed by atoms with Crippen molar-refractivity contribution in [1.82, 2.24) is 5.32 Å². The lowest BCUT2D eigenvalue weighted by Gasteiger charge is -2.13. The summed E-state index contributed by atoms with van der Waals surface area (Å²) < 4.78 is 33.9. The third kappa shape index (κ3) is 6.11. The van der Waals surface area contributed by atoms with Crippen LogP contribution in [0.1, 0.15) is 34.8 Å². The van der Waals surface area contributed by atoms with E-state index in [0.29, 0.717) is 30.0 Å². The van der Waals surface area contributed by atoms with Crippen LogP contribution in [-0.4, -0.2) is 27.5 Å². The minimum Gasteiger partial charge on any atom is -0.494 e. The van der Waals surface area contributed by atoms with Crippen LogP contribution >= 0.6 is 0 Å². The van der Waals surface area contributed by atoms with E-state index in [0.717, 1.165) is 24.2 Å². The molecule has 0 bridgehead atoms. The zero-order valence-corrected chi connectivity index (χ0v) is 19.1. The molecule has 32 heavy (non-hydrogen) atoms. The Morgan fingerprint density at radius 2 is 1.69 bits per heavy atom. The second-order valence-electron chi connectivity index (χ2n) is 7.35. The number of carbonyl (C=O) groups excluding carboxylic acids is 1. The van der Waals surface area contributed by atoms with E-state index >= 15 is 0 Å². The zero-order chi connectivity index (χ0) is 23.0. The monoisotopic (exact) mass is 452 g/mol. The molecule has 0 heterocycles. The molecule has 0 fully saturated rings. The summed E-state index contributed by atoms with van der Waals surface area (Å²) in [5, 5.41) is 2.87. The molecule has 2 N–H and O–H groups in total. The fourth-order valence-corrected chi connectivity index (χ4v) is 4.67. The first-order valence-electron chi connectivity index (χ1n) is 10.6. The standard InChI is InChI=1S/C25H28N2O4S/c1-3-31-23-14-8-7-10-20(23)11-9-17-26-25(28)21-16-15-19(2)24(18-21)32(29,30)27-22-12-5-4-6-13-22/h4-8,10,12-16,18,27H,3,9,11,17H2,1-2H3,(H,26,28). The van der Waals surface area contributed by atoms with Crippen molar-refractivity contribution < 1.29 is 17.9 Å². The van der Waals surface area contributed by atoms with Crippen LogP contribution in [0, 0.1) is 6.92 Å². The van der Waals surface area contributed by atoms with Crippen molar-refractivity contribution in [3.8, 4) is 5.75 Å². The number of para-hydroxylation sites is 2. The van der Waals surface area contributed by atoms with Crippen LogP contribution in [0.15, 0.2) is 77.7 Å². The Kier molecular flexibility index (Phi) is 7.89. The average Bonchev–Trinajstić information content (AvgIpc) is 2.78. The van der Waals surface area contributed by atoms with Gasteiger partial charge in [-0.3, -0.25) is 9.52 Å². The maximum Gasteiger partial charge on any atom is 0.262 e. The molecule has 7 heteroatoms. The van der Waals surface area contributed by atoms with Gasteiger partial charge in [-0.15, -0.1) is 0 Å². The molecule has 3 aromatic carbocycles. The predicted molar refractivity (Wildman–Crippen MR) is 127 cm³/mol. The summed E-state index contributed by atoms with van der Waals surface area (Å²) in [5.74, 6) is 0.555. The van der Waals surface area contributed by atoms with Crippen molar-refractivity contribution in [1.29, 1.82) is 0 Å². The number of nitrogens with one attached hydrogen (secondary N) is 2. The van der Waals surface area contributed by atoms with Gasteiger partial charge in [-0.05, 0) is 68.1 Å². The minimum absolute atomic E-state index is 0.0830. The first-order chi connectivity index (χ1) is 15.4. The fraction of sp³-hybridized carbons (Fsp3) is 0.240. The minimum atomic E-state index is -3.82. The molecule has 0 unspecified atom stereocenters. The van der Waals surface area contributed by atoms with Crippen molar-refractivity contribution in [3.63, 3.8) is 0 Å². The highest BCUT2D eigenvalue weighted by molar-refractivity contribution is 7.92. The maximum absolute atomic E-state index is 12.8. The summed E-state index contributed by atoms with van der Waals surface area (Å²) in [6, 6.07) is 21.2. The number of ether oxygens (including phenoxy) is 1. The van der Waals surface area contributed by atoms with E-state index in [1.807, 2.05) is 37.3 Å². The van der Waals surface area contributed by atoms with E-state index in [2.05, 4.69) is 10.0 Å². The lowest BCUT2D eigenvalue weighted by atomic mass is 10.1. The molecule has 3 aromatic rings. The topological polar surface area (TPSA) is 84.5 Å². The number of anilines is 1. The van der Waals surface area contributed by atoms with Crippen LogP contribution in [0.2, 0.25) is 0 Å². The fourth-order valence-electron chi connectivity index (χ4n) is 3.34. The zero-order valence-electron chi connectivity index (χ0n) is 18.3. The van der Waals surface area contributed by atoms with E-state index in [4.69, 9.17) is 4.74 Å². The molecule has 0 atom stereocenters. The molecule has 0 spiro atoms. The molecule has 0 radical (unpaired) electrons. The van der Waals surface area contributed by atoms with Crippen molar-refractivity contribution in [2.24, 2.45) is 0 Å². The summed E-state index contributed by atoms with van der Waals surface area (Å²) in [7, 11) is -3.82. The summed E-state index contributed by atoms with van der Waals surface area (Å²) in [6.07, 6.45) is 1.51. The summed E-state index contributed by atoms with van der Waals surface area (Å²) in [6.45, 7) is 4.72. The first kappa shape index (κ1) is 23.3. The first-order valence-corrected chi connectivity index (χ1v) is 12.1. The predicted octanol–water partition coefficient (Wildman–Crippen LogP) is 4.56. The molecular formula is C25H28N2O4S. The molecule has 0 aliphatic carbocycles. The number of aryl methyl sites for hydroxylation is 2. The van der Waals surface area contributed by atoms with Gasteiger partial charge in [0.15, 0.2) is 0 Å². The van der Waals surface area contributed by atoms with Crippen LogP contribution in [0.3, 0.4) is 0 Å². The Morgan fingerprint density at radius 3 is 2.44 bits per heavy atom. The second kappa shape index (κ2) is 10.8. The van der Waals surface area contributed by atoms with Gasteiger partial charge in [0.05, 0.1) is 11.5 Å². The van der Waals surface area contributed by atoms with Crippen molar-refractivity contribution >= 4 is 21.6 Å². The van der Waals surface area contributed by atoms with Gasteiger partial charge in [0, 0.05) is 17.8 Å². The third-order valence-electron chi connectivity index (χ3n) is 4.95. The molecule has 0 aromatic heterocycles. The summed E-state index contributed by atoms with van der Waals surface area (Å²) in [4.78, 5) is 12.7. The van der Waals surface area contributed by atoms with Crippen molar-refractivity contribution in [2.75, 3.05) is 17.9 Å². The summed E-state index contributed by atoms with van der Waals surface area (Å²) in [5.41, 5.74) is 2.43. The van der Waals surface area contributed by atoms with Gasteiger partial charge in [0.25, 0.3) is 15.9 Å². The number of hydrogen-bond acceptors (Lipinski definition) is 4.